The highest BCUT2D eigenvalue weighted by atomic mass is 35.5. The van der Waals surface area contributed by atoms with Crippen LogP contribution in [-0.2, 0) is 10.3 Å². The van der Waals surface area contributed by atoms with Crippen LogP contribution in [0.15, 0.2) is 42.9 Å². The summed E-state index contributed by atoms with van der Waals surface area (Å²) in [7, 11) is 0. The molecule has 0 radical (unpaired) electrons. The second-order valence-corrected chi connectivity index (χ2v) is 11.7. The topological polar surface area (TPSA) is 104 Å². The molecule has 192 valence electrons. The highest BCUT2D eigenvalue weighted by molar-refractivity contribution is 6.30. The summed E-state index contributed by atoms with van der Waals surface area (Å²) >= 11 is 6.14. The number of hydrogen-bond acceptors (Lipinski definition) is 5. The molecule has 4 fully saturated rings. The molecule has 3 aromatic rings. The van der Waals surface area contributed by atoms with Crippen molar-refractivity contribution in [2.45, 2.75) is 56.5 Å². The fourth-order valence-corrected chi connectivity index (χ4v) is 6.49. The molecule has 0 unspecified atom stereocenters. The van der Waals surface area contributed by atoms with Crippen LogP contribution in [0.2, 0.25) is 5.02 Å². The van der Waals surface area contributed by atoms with E-state index in [1.54, 1.807) is 18.3 Å². The number of fused-ring (bicyclic) bond motifs is 1. The number of piperidine rings is 1. The van der Waals surface area contributed by atoms with E-state index in [9.17, 15) is 14.9 Å². The molecule has 0 bridgehead atoms. The molecule has 1 N–H and O–H groups in total. The minimum atomic E-state index is -0.298. The van der Waals surface area contributed by atoms with Crippen LogP contribution in [-0.4, -0.2) is 39.2 Å². The summed E-state index contributed by atoms with van der Waals surface area (Å²) in [5.41, 5.74) is 4.00. The van der Waals surface area contributed by atoms with Gasteiger partial charge in [-0.2, -0.15) is 10.4 Å². The highest BCUT2D eigenvalue weighted by Crippen LogP contribution is 2.51. The maximum Gasteiger partial charge on any atom is 0.254 e. The van der Waals surface area contributed by atoms with E-state index in [2.05, 4.69) is 28.4 Å². The van der Waals surface area contributed by atoms with Crippen molar-refractivity contribution in [3.8, 4) is 6.07 Å². The van der Waals surface area contributed by atoms with Crippen LogP contribution in [0.1, 0.15) is 70.6 Å². The summed E-state index contributed by atoms with van der Waals surface area (Å²) in [5.74, 6) is 1.72. The molecule has 3 saturated carbocycles. The van der Waals surface area contributed by atoms with Gasteiger partial charge in [0.05, 0.1) is 28.9 Å². The summed E-state index contributed by atoms with van der Waals surface area (Å²) in [6.07, 6.45) is 9.77. The molecule has 2 atom stereocenters. The van der Waals surface area contributed by atoms with Crippen LogP contribution in [0.25, 0.3) is 0 Å². The number of carbonyl (C=O) groups is 2. The average Bonchev–Trinajstić information content (AvgIpc) is 3.77. The first kappa shape index (κ1) is 23.4. The molecule has 38 heavy (non-hydrogen) atoms. The Hall–Kier alpha value is -3.70. The van der Waals surface area contributed by atoms with Crippen molar-refractivity contribution in [3.63, 3.8) is 0 Å². The van der Waals surface area contributed by atoms with Gasteiger partial charge >= 0.3 is 0 Å². The van der Waals surface area contributed by atoms with Crippen molar-refractivity contribution in [3.05, 3.63) is 75.7 Å². The van der Waals surface area contributed by atoms with Crippen molar-refractivity contribution in [2.24, 2.45) is 11.8 Å². The first-order valence-electron chi connectivity index (χ1n) is 13.2. The normalized spacial score (nSPS) is 26.3. The third-order valence-corrected chi connectivity index (χ3v) is 9.09. The van der Waals surface area contributed by atoms with Gasteiger partial charge in [0.2, 0.25) is 5.91 Å². The van der Waals surface area contributed by atoms with Gasteiger partial charge in [0.15, 0.2) is 0 Å². The van der Waals surface area contributed by atoms with E-state index in [4.69, 9.17) is 11.6 Å². The zero-order valence-corrected chi connectivity index (χ0v) is 21.8. The summed E-state index contributed by atoms with van der Waals surface area (Å²) in [5, 5.41) is 17.7. The maximum atomic E-state index is 13.0. The SMILES string of the molecule is Cc1cc(N2C[C@H]3C[C@H]3C2=O)ncc1C1(n2cc(C(=O)N[C@H]3C[C@@H](c4cc(Cl)ccc4C#N)C3)cn2)CC1. The Labute approximate surface area is 225 Å². The Bertz CT molecular complexity index is 1530. The van der Waals surface area contributed by atoms with Crippen LogP contribution >= 0.6 is 11.6 Å². The van der Waals surface area contributed by atoms with Crippen molar-refractivity contribution in [2.75, 3.05) is 11.4 Å². The lowest BCUT2D eigenvalue weighted by molar-refractivity contribution is -0.118. The lowest BCUT2D eigenvalue weighted by Gasteiger charge is -2.36. The van der Waals surface area contributed by atoms with E-state index >= 15 is 0 Å². The van der Waals surface area contributed by atoms with Gasteiger partial charge in [-0.15, -0.1) is 0 Å². The van der Waals surface area contributed by atoms with Crippen LogP contribution in [0.4, 0.5) is 5.82 Å². The molecule has 2 amide bonds. The monoisotopic (exact) mass is 526 g/mol. The minimum absolute atomic E-state index is 0.0505. The predicted octanol–water partition coefficient (Wildman–Crippen LogP) is 4.31. The van der Waals surface area contributed by atoms with Crippen molar-refractivity contribution in [1.82, 2.24) is 20.1 Å². The minimum Gasteiger partial charge on any atom is -0.349 e. The fraction of sp³-hybridized carbons (Fsp3) is 0.414. The van der Waals surface area contributed by atoms with Gasteiger partial charge in [-0.25, -0.2) is 4.98 Å². The number of aryl methyl sites for hydroxylation is 1. The smallest absolute Gasteiger partial charge is 0.254 e. The number of pyridine rings is 1. The fourth-order valence-electron chi connectivity index (χ4n) is 6.30. The summed E-state index contributed by atoms with van der Waals surface area (Å²) in [6.45, 7) is 2.84. The van der Waals surface area contributed by atoms with Gasteiger partial charge in [0.25, 0.3) is 5.91 Å². The number of hydrogen-bond donors (Lipinski definition) is 1. The Balaban J connectivity index is 1.02. The van der Waals surface area contributed by atoms with Crippen LogP contribution in [0.3, 0.4) is 0 Å². The van der Waals surface area contributed by atoms with E-state index < -0.39 is 0 Å². The Kier molecular flexibility index (Phi) is 5.18. The molecule has 2 aromatic heterocycles. The lowest BCUT2D eigenvalue weighted by atomic mass is 9.74. The van der Waals surface area contributed by atoms with E-state index in [1.807, 2.05) is 34.1 Å². The number of nitrogens with one attached hydrogen (secondary N) is 1. The average molecular weight is 527 g/mol. The van der Waals surface area contributed by atoms with Gasteiger partial charge in [-0.1, -0.05) is 11.6 Å². The van der Waals surface area contributed by atoms with Crippen molar-refractivity contribution >= 4 is 29.2 Å². The van der Waals surface area contributed by atoms with E-state index in [1.165, 1.54) is 0 Å². The Morgan fingerprint density at radius 2 is 2.03 bits per heavy atom. The second kappa shape index (κ2) is 8.40. The van der Waals surface area contributed by atoms with Gasteiger partial charge < -0.3 is 5.32 Å². The van der Waals surface area contributed by atoms with Crippen LogP contribution in [0, 0.1) is 30.1 Å². The molecule has 3 aliphatic carbocycles. The van der Waals surface area contributed by atoms with E-state index in [0.29, 0.717) is 22.1 Å². The third-order valence-electron chi connectivity index (χ3n) is 8.85. The maximum absolute atomic E-state index is 13.0. The molecule has 1 aromatic carbocycles. The van der Waals surface area contributed by atoms with Crippen LogP contribution in [0.5, 0.6) is 0 Å². The van der Waals surface area contributed by atoms with Crippen molar-refractivity contribution in [1.29, 1.82) is 5.26 Å². The first-order chi connectivity index (χ1) is 18.4. The molecule has 1 saturated heterocycles. The molecular weight excluding hydrogens is 500 g/mol. The number of rotatable bonds is 6. The number of anilines is 1. The largest absolute Gasteiger partial charge is 0.349 e. The molecule has 0 spiro atoms. The van der Waals surface area contributed by atoms with Gasteiger partial charge in [0, 0.05) is 41.5 Å². The standard InChI is InChI=1S/C29H27ClN6O2/c1-16-6-26(35-14-19-9-24(19)28(35)38)32-13-25(16)29(4-5-29)36-15-20(12-33-36)27(37)34-22-7-18(8-22)23-10-21(30)3-2-17(23)11-31/h2-3,6,10,12-13,15,18-19,22,24H,4-5,7-9,14H2,1H3,(H,34,37)/t18-,19-,22+,24-/m1/s1. The molecule has 8 nitrogen and oxygen atoms in total. The number of carbonyl (C=O) groups excluding carboxylic acids is 2. The first-order valence-corrected chi connectivity index (χ1v) is 13.6. The van der Waals surface area contributed by atoms with Crippen LogP contribution < -0.4 is 10.2 Å². The van der Waals surface area contributed by atoms with E-state index in [-0.39, 0.29) is 35.2 Å². The number of benzene rings is 1. The number of halogens is 1. The number of nitrogens with zero attached hydrogens (tertiary/aromatic N) is 5. The zero-order chi connectivity index (χ0) is 26.2. The summed E-state index contributed by atoms with van der Waals surface area (Å²) in [6, 6.07) is 9.64. The summed E-state index contributed by atoms with van der Waals surface area (Å²) in [4.78, 5) is 32.0. The van der Waals surface area contributed by atoms with E-state index in [0.717, 1.165) is 61.2 Å². The van der Waals surface area contributed by atoms with Gasteiger partial charge in [-0.05, 0) is 86.3 Å². The number of amides is 2. The Morgan fingerprint density at radius 1 is 1.21 bits per heavy atom. The molecule has 4 aliphatic rings. The molecular formula is C29H27ClN6O2. The quantitative estimate of drug-likeness (QED) is 0.515. The van der Waals surface area contributed by atoms with Gasteiger partial charge in [-0.3, -0.25) is 19.2 Å². The molecule has 7 rings (SSSR count). The summed E-state index contributed by atoms with van der Waals surface area (Å²) < 4.78 is 1.90. The molecule has 1 aliphatic heterocycles. The lowest BCUT2D eigenvalue weighted by Crippen LogP contribution is -2.43. The zero-order valence-electron chi connectivity index (χ0n) is 21.0. The van der Waals surface area contributed by atoms with Crippen molar-refractivity contribution < 1.29 is 9.59 Å². The van der Waals surface area contributed by atoms with Gasteiger partial charge in [0.1, 0.15) is 5.82 Å². The molecule has 3 heterocycles. The second-order valence-electron chi connectivity index (χ2n) is 11.3. The number of nitriles is 1. The highest BCUT2D eigenvalue weighted by Gasteiger charge is 2.53. The third kappa shape index (κ3) is 3.71. The number of aromatic nitrogens is 3. The molecule has 9 heteroatoms. The Morgan fingerprint density at radius 3 is 2.71 bits per heavy atom. The predicted molar refractivity (Wildman–Crippen MR) is 141 cm³/mol.